The van der Waals surface area contributed by atoms with Crippen LogP contribution in [0.2, 0.25) is 0 Å². The molecule has 0 aliphatic rings. The predicted octanol–water partition coefficient (Wildman–Crippen LogP) is 8.80. The summed E-state index contributed by atoms with van der Waals surface area (Å²) in [6.07, 6.45) is 9.90. The number of hydrogen-bond acceptors (Lipinski definition) is 5. The van der Waals surface area contributed by atoms with Gasteiger partial charge in [0.2, 0.25) is 0 Å². The second kappa shape index (κ2) is 15.8. The average Bonchev–Trinajstić information content (AvgIpc) is 3.03. The summed E-state index contributed by atoms with van der Waals surface area (Å²) in [6, 6.07) is 23.0. The summed E-state index contributed by atoms with van der Waals surface area (Å²) < 4.78 is 5.87. The van der Waals surface area contributed by atoms with E-state index in [1.54, 1.807) is 18.5 Å². The number of nitrogens with zero attached hydrogens (tertiary/aromatic N) is 2. The van der Waals surface area contributed by atoms with E-state index in [4.69, 9.17) is 4.74 Å². The molecule has 4 aromatic rings. The predicted molar refractivity (Wildman–Crippen MR) is 171 cm³/mol. The van der Waals surface area contributed by atoms with Crippen LogP contribution in [0.25, 0.3) is 22.5 Å². The van der Waals surface area contributed by atoms with E-state index in [1.165, 1.54) is 25.7 Å². The van der Waals surface area contributed by atoms with Crippen LogP contribution in [0.1, 0.15) is 86.7 Å². The molecule has 0 unspecified atom stereocenters. The maximum absolute atomic E-state index is 12.9. The van der Waals surface area contributed by atoms with E-state index in [9.17, 15) is 14.7 Å². The molecule has 0 saturated carbocycles. The summed E-state index contributed by atoms with van der Waals surface area (Å²) in [5, 5.41) is 9.84. The molecule has 0 fully saturated rings. The molecule has 0 amide bonds. The molecule has 1 aromatic heterocycles. The number of Topliss-reactive ketones (excluding diaryl/α,β-unsaturated/α-hetero) is 1. The Balaban J connectivity index is 1.33. The van der Waals surface area contributed by atoms with E-state index in [-0.39, 0.29) is 18.6 Å². The summed E-state index contributed by atoms with van der Waals surface area (Å²) in [5.74, 6) is -0.180. The highest BCUT2D eigenvalue weighted by Gasteiger charge is 2.23. The second-order valence-corrected chi connectivity index (χ2v) is 11.4. The van der Waals surface area contributed by atoms with Crippen LogP contribution in [0.3, 0.4) is 0 Å². The number of aliphatic carboxylic acids is 1. The van der Waals surface area contributed by atoms with E-state index in [0.29, 0.717) is 17.3 Å². The molecule has 1 atom stereocenters. The zero-order valence-corrected chi connectivity index (χ0v) is 25.5. The Bertz CT molecular complexity index is 1460. The van der Waals surface area contributed by atoms with Crippen molar-refractivity contribution in [3.8, 4) is 28.3 Å². The number of benzene rings is 3. The average molecular weight is 579 g/mol. The fraction of sp³-hybridized carbons (Fsp3) is 0.351. The largest absolute Gasteiger partial charge is 0.494 e. The van der Waals surface area contributed by atoms with Gasteiger partial charge in [0.25, 0.3) is 0 Å². The Labute approximate surface area is 255 Å². The van der Waals surface area contributed by atoms with Crippen LogP contribution in [0.15, 0.2) is 85.2 Å². The summed E-state index contributed by atoms with van der Waals surface area (Å²) in [7, 11) is 0. The first-order valence-electron chi connectivity index (χ1n) is 15.3. The van der Waals surface area contributed by atoms with Crippen molar-refractivity contribution < 1.29 is 19.4 Å². The Morgan fingerprint density at radius 3 is 2.14 bits per heavy atom. The highest BCUT2D eigenvalue weighted by atomic mass is 16.5. The Morgan fingerprint density at radius 2 is 1.49 bits per heavy atom. The van der Waals surface area contributed by atoms with Gasteiger partial charge >= 0.3 is 5.97 Å². The number of carbonyl (C=O) groups excluding carboxylic acids is 1. The molecule has 1 heterocycles. The number of ether oxygens (including phenoxy) is 1. The molecule has 0 aliphatic carbocycles. The van der Waals surface area contributed by atoms with Crippen molar-refractivity contribution in [2.75, 3.05) is 6.61 Å². The summed E-state index contributed by atoms with van der Waals surface area (Å²) >= 11 is 0. The van der Waals surface area contributed by atoms with Crippen LogP contribution in [-0.2, 0) is 11.2 Å². The van der Waals surface area contributed by atoms with Gasteiger partial charge in [0.1, 0.15) is 5.75 Å². The first-order valence-corrected chi connectivity index (χ1v) is 15.3. The molecule has 0 bridgehead atoms. The number of carbonyl (C=O) groups is 2. The number of carboxylic acids is 1. The van der Waals surface area contributed by atoms with Gasteiger partial charge in [-0.05, 0) is 53.6 Å². The van der Waals surface area contributed by atoms with Gasteiger partial charge in [0.15, 0.2) is 11.6 Å². The van der Waals surface area contributed by atoms with Gasteiger partial charge < -0.3 is 9.84 Å². The van der Waals surface area contributed by atoms with Crippen LogP contribution >= 0.6 is 0 Å². The molecule has 6 heteroatoms. The molecule has 0 radical (unpaired) electrons. The Morgan fingerprint density at radius 1 is 0.814 bits per heavy atom. The van der Waals surface area contributed by atoms with Crippen LogP contribution in [0, 0.1) is 5.92 Å². The van der Waals surface area contributed by atoms with E-state index >= 15 is 0 Å². The van der Waals surface area contributed by atoms with Crippen LogP contribution in [-0.4, -0.2) is 33.4 Å². The number of unbranched alkanes of at least 4 members (excludes halogenated alkanes) is 4. The monoisotopic (exact) mass is 578 g/mol. The number of rotatable bonds is 16. The lowest BCUT2D eigenvalue weighted by Gasteiger charge is -2.13. The number of carboxylic acid groups (broad SMARTS) is 1. The van der Waals surface area contributed by atoms with Gasteiger partial charge in [-0.1, -0.05) is 101 Å². The van der Waals surface area contributed by atoms with Crippen molar-refractivity contribution in [3.63, 3.8) is 0 Å². The lowest BCUT2D eigenvalue weighted by Crippen LogP contribution is -2.20. The normalized spacial score (nSPS) is 11.8. The first-order chi connectivity index (χ1) is 20.8. The van der Waals surface area contributed by atoms with Crippen molar-refractivity contribution in [2.24, 2.45) is 5.92 Å². The molecule has 0 spiro atoms. The quantitative estimate of drug-likeness (QED) is 0.106. The van der Waals surface area contributed by atoms with E-state index in [0.717, 1.165) is 46.6 Å². The Hall–Kier alpha value is -4.32. The summed E-state index contributed by atoms with van der Waals surface area (Å²) in [5.41, 5.74) is 5.24. The van der Waals surface area contributed by atoms with Crippen molar-refractivity contribution in [2.45, 2.75) is 71.6 Å². The van der Waals surface area contributed by atoms with Gasteiger partial charge in [-0.3, -0.25) is 9.59 Å². The molecule has 43 heavy (non-hydrogen) atoms. The molecule has 3 aromatic carbocycles. The maximum Gasteiger partial charge on any atom is 0.307 e. The molecular formula is C37H42N2O4. The van der Waals surface area contributed by atoms with Crippen LogP contribution < -0.4 is 4.74 Å². The summed E-state index contributed by atoms with van der Waals surface area (Å²) in [4.78, 5) is 34.0. The molecule has 0 saturated heterocycles. The van der Waals surface area contributed by atoms with Crippen LogP contribution in [0.4, 0.5) is 0 Å². The zero-order valence-electron chi connectivity index (χ0n) is 25.5. The van der Waals surface area contributed by atoms with Crippen molar-refractivity contribution in [3.05, 3.63) is 102 Å². The van der Waals surface area contributed by atoms with E-state index in [2.05, 4.69) is 30.7 Å². The molecule has 4 rings (SSSR count). The minimum atomic E-state index is -0.974. The third-order valence-electron chi connectivity index (χ3n) is 7.71. The maximum atomic E-state index is 12.9. The number of ketones is 1. The molecule has 6 nitrogen and oxygen atoms in total. The molecule has 1 N–H and O–H groups in total. The van der Waals surface area contributed by atoms with Gasteiger partial charge in [-0.15, -0.1) is 0 Å². The van der Waals surface area contributed by atoms with Gasteiger partial charge in [0.05, 0.1) is 12.5 Å². The smallest absolute Gasteiger partial charge is 0.307 e. The zero-order chi connectivity index (χ0) is 30.6. The number of hydrogen-bond donors (Lipinski definition) is 1. The molecule has 0 aliphatic heterocycles. The Kier molecular flexibility index (Phi) is 11.6. The van der Waals surface area contributed by atoms with Crippen molar-refractivity contribution >= 4 is 11.8 Å². The lowest BCUT2D eigenvalue weighted by atomic mass is 9.90. The lowest BCUT2D eigenvalue weighted by molar-refractivity contribution is -0.141. The van der Waals surface area contributed by atoms with E-state index in [1.807, 2.05) is 66.7 Å². The molecule has 224 valence electrons. The minimum Gasteiger partial charge on any atom is -0.494 e. The minimum absolute atomic E-state index is 0.0463. The highest BCUT2D eigenvalue weighted by Crippen LogP contribution is 2.25. The number of aromatic nitrogens is 2. The SMILES string of the molecule is CCCCCCCOc1ccc(-c2cnc(-c3ccc(C[C@H](CC(=O)c4cccc(C(C)C)c4)C(=O)O)cc3)nc2)cc1. The second-order valence-electron chi connectivity index (χ2n) is 11.4. The van der Waals surface area contributed by atoms with Gasteiger partial charge in [0, 0.05) is 35.5 Å². The summed E-state index contributed by atoms with van der Waals surface area (Å²) in [6.45, 7) is 7.09. The fourth-order valence-electron chi connectivity index (χ4n) is 5.00. The fourth-order valence-corrected chi connectivity index (χ4v) is 5.00. The van der Waals surface area contributed by atoms with Crippen molar-refractivity contribution in [1.29, 1.82) is 0 Å². The van der Waals surface area contributed by atoms with Gasteiger partial charge in [-0.25, -0.2) is 9.97 Å². The third-order valence-corrected chi connectivity index (χ3v) is 7.71. The third kappa shape index (κ3) is 9.34. The van der Waals surface area contributed by atoms with E-state index < -0.39 is 11.9 Å². The molecular weight excluding hydrogens is 536 g/mol. The highest BCUT2D eigenvalue weighted by molar-refractivity contribution is 5.98. The first kappa shape index (κ1) is 31.6. The van der Waals surface area contributed by atoms with Crippen LogP contribution in [0.5, 0.6) is 5.75 Å². The van der Waals surface area contributed by atoms with Crippen molar-refractivity contribution in [1.82, 2.24) is 9.97 Å². The topological polar surface area (TPSA) is 89.4 Å². The standard InChI is InChI=1S/C37H42N2O4/c1-4-5-6-7-8-20-43-34-18-16-28(17-19-34)33-24-38-36(39-25-33)29-14-12-27(13-15-29)21-32(37(41)42)23-35(40)31-11-9-10-30(22-31)26(2)3/h9-19,22,24-26,32H,4-8,20-21,23H2,1-3H3,(H,41,42)/t32-/m1/s1. The van der Waals surface area contributed by atoms with Gasteiger partial charge in [-0.2, -0.15) is 0 Å².